The molecule has 0 amide bonds. The first-order chi connectivity index (χ1) is 8.04. The van der Waals surface area contributed by atoms with E-state index in [0.29, 0.717) is 13.1 Å². The average Bonchev–Trinajstić information content (AvgIpc) is 2.29. The van der Waals surface area contributed by atoms with Crippen molar-refractivity contribution < 1.29 is 9.84 Å². The molecule has 0 aliphatic heterocycles. The van der Waals surface area contributed by atoms with Crippen LogP contribution in [0.1, 0.15) is 25.0 Å². The van der Waals surface area contributed by atoms with Gasteiger partial charge in [0.1, 0.15) is 5.75 Å². The molecule has 1 rings (SSSR count). The lowest BCUT2D eigenvalue weighted by atomic mass is 10.1. The molecule has 0 aromatic heterocycles. The molecular formula is C14H23NO2. The third-order valence-electron chi connectivity index (χ3n) is 2.87. The van der Waals surface area contributed by atoms with Gasteiger partial charge in [0.25, 0.3) is 0 Å². The lowest BCUT2D eigenvalue weighted by molar-refractivity contribution is 0.123. The van der Waals surface area contributed by atoms with Gasteiger partial charge in [-0.15, -0.1) is 0 Å². The van der Waals surface area contributed by atoms with E-state index >= 15 is 0 Å². The first-order valence-corrected chi connectivity index (χ1v) is 6.07. The van der Waals surface area contributed by atoms with Crippen LogP contribution in [0.25, 0.3) is 0 Å². The van der Waals surface area contributed by atoms with Crippen molar-refractivity contribution in [1.82, 2.24) is 5.32 Å². The number of hydrogen-bond acceptors (Lipinski definition) is 3. The highest BCUT2D eigenvalue weighted by Crippen LogP contribution is 2.19. The number of hydrogen-bond donors (Lipinski definition) is 2. The normalized spacial score (nSPS) is 12.8. The SMILES string of the molecule is COc1ccc(C)cc1CNCC(O)C(C)C. The van der Waals surface area contributed by atoms with Gasteiger partial charge in [-0.25, -0.2) is 0 Å². The van der Waals surface area contributed by atoms with Gasteiger partial charge < -0.3 is 15.2 Å². The highest BCUT2D eigenvalue weighted by Gasteiger charge is 2.09. The summed E-state index contributed by atoms with van der Waals surface area (Å²) >= 11 is 0. The van der Waals surface area contributed by atoms with Crippen molar-refractivity contribution in [3.05, 3.63) is 29.3 Å². The van der Waals surface area contributed by atoms with Crippen LogP contribution in [0.15, 0.2) is 18.2 Å². The summed E-state index contributed by atoms with van der Waals surface area (Å²) in [6, 6.07) is 6.12. The first-order valence-electron chi connectivity index (χ1n) is 6.07. The Morgan fingerprint density at radius 1 is 1.35 bits per heavy atom. The zero-order valence-corrected chi connectivity index (χ0v) is 11.2. The zero-order valence-electron chi connectivity index (χ0n) is 11.2. The van der Waals surface area contributed by atoms with Gasteiger partial charge in [-0.1, -0.05) is 31.5 Å². The second kappa shape index (κ2) is 6.62. The molecule has 17 heavy (non-hydrogen) atoms. The Bertz CT molecular complexity index is 350. The maximum absolute atomic E-state index is 9.69. The van der Waals surface area contributed by atoms with Crippen LogP contribution in [0.4, 0.5) is 0 Å². The number of benzene rings is 1. The quantitative estimate of drug-likeness (QED) is 0.796. The maximum Gasteiger partial charge on any atom is 0.123 e. The Morgan fingerprint density at radius 2 is 2.06 bits per heavy atom. The lowest BCUT2D eigenvalue weighted by Gasteiger charge is -2.16. The molecule has 2 N–H and O–H groups in total. The Kier molecular flexibility index (Phi) is 5.45. The molecule has 0 bridgehead atoms. The summed E-state index contributed by atoms with van der Waals surface area (Å²) in [5, 5.41) is 12.9. The maximum atomic E-state index is 9.69. The molecular weight excluding hydrogens is 214 g/mol. The summed E-state index contributed by atoms with van der Waals surface area (Å²) in [5.74, 6) is 1.17. The molecule has 1 atom stereocenters. The van der Waals surface area contributed by atoms with Crippen molar-refractivity contribution in [2.24, 2.45) is 5.92 Å². The molecule has 0 radical (unpaired) electrons. The highest BCUT2D eigenvalue weighted by atomic mass is 16.5. The summed E-state index contributed by atoms with van der Waals surface area (Å²) in [7, 11) is 1.68. The number of nitrogens with one attached hydrogen (secondary N) is 1. The minimum absolute atomic E-state index is 0.280. The van der Waals surface area contributed by atoms with E-state index in [1.54, 1.807) is 7.11 Å². The summed E-state index contributed by atoms with van der Waals surface area (Å²) in [6.07, 6.45) is -0.300. The molecule has 0 aliphatic carbocycles. The van der Waals surface area contributed by atoms with Crippen molar-refractivity contribution in [2.45, 2.75) is 33.4 Å². The number of aliphatic hydroxyl groups excluding tert-OH is 1. The molecule has 0 saturated carbocycles. The summed E-state index contributed by atoms with van der Waals surface area (Å²) in [6.45, 7) is 7.41. The van der Waals surface area contributed by atoms with E-state index in [2.05, 4.69) is 18.3 Å². The minimum atomic E-state index is -0.300. The number of aryl methyl sites for hydroxylation is 1. The van der Waals surface area contributed by atoms with Crippen LogP contribution in [-0.2, 0) is 6.54 Å². The standard InChI is InChI=1S/C14H23NO2/c1-10(2)13(16)9-15-8-12-7-11(3)5-6-14(12)17-4/h5-7,10,13,15-16H,8-9H2,1-4H3. The van der Waals surface area contributed by atoms with Gasteiger partial charge in [-0.3, -0.25) is 0 Å². The largest absolute Gasteiger partial charge is 0.496 e. The number of rotatable bonds is 6. The van der Waals surface area contributed by atoms with E-state index in [-0.39, 0.29) is 12.0 Å². The van der Waals surface area contributed by atoms with E-state index in [1.165, 1.54) is 5.56 Å². The minimum Gasteiger partial charge on any atom is -0.496 e. The van der Waals surface area contributed by atoms with Crippen molar-refractivity contribution in [1.29, 1.82) is 0 Å². The number of methoxy groups -OCH3 is 1. The topological polar surface area (TPSA) is 41.5 Å². The summed E-state index contributed by atoms with van der Waals surface area (Å²) < 4.78 is 5.30. The second-order valence-corrected chi connectivity index (χ2v) is 4.76. The average molecular weight is 237 g/mol. The van der Waals surface area contributed by atoms with Gasteiger partial charge >= 0.3 is 0 Å². The van der Waals surface area contributed by atoms with Crippen LogP contribution < -0.4 is 10.1 Å². The fourth-order valence-corrected chi connectivity index (χ4v) is 1.64. The Labute approximate surface area is 104 Å². The van der Waals surface area contributed by atoms with Gasteiger partial charge in [0.15, 0.2) is 0 Å². The van der Waals surface area contributed by atoms with Gasteiger partial charge in [0, 0.05) is 18.7 Å². The van der Waals surface area contributed by atoms with Crippen molar-refractivity contribution in [3.63, 3.8) is 0 Å². The molecule has 3 nitrogen and oxygen atoms in total. The van der Waals surface area contributed by atoms with Crippen molar-refractivity contribution in [3.8, 4) is 5.75 Å². The predicted octanol–water partition coefficient (Wildman–Crippen LogP) is 2.11. The van der Waals surface area contributed by atoms with Crippen LogP contribution in [0.2, 0.25) is 0 Å². The third kappa shape index (κ3) is 4.36. The molecule has 0 saturated heterocycles. The van der Waals surface area contributed by atoms with E-state index in [1.807, 2.05) is 26.0 Å². The number of aliphatic hydroxyl groups is 1. The van der Waals surface area contributed by atoms with Crippen LogP contribution >= 0.6 is 0 Å². The molecule has 1 aromatic rings. The van der Waals surface area contributed by atoms with Gasteiger partial charge in [0.05, 0.1) is 13.2 Å². The van der Waals surface area contributed by atoms with Crippen molar-refractivity contribution in [2.75, 3.05) is 13.7 Å². The van der Waals surface area contributed by atoms with Crippen LogP contribution in [-0.4, -0.2) is 24.9 Å². The fraction of sp³-hybridized carbons (Fsp3) is 0.571. The van der Waals surface area contributed by atoms with Gasteiger partial charge in [-0.05, 0) is 18.9 Å². The van der Waals surface area contributed by atoms with E-state index in [4.69, 9.17) is 4.74 Å². The molecule has 1 unspecified atom stereocenters. The Balaban J connectivity index is 2.53. The van der Waals surface area contributed by atoms with Crippen LogP contribution in [0, 0.1) is 12.8 Å². The van der Waals surface area contributed by atoms with E-state index < -0.39 is 0 Å². The lowest BCUT2D eigenvalue weighted by Crippen LogP contribution is -2.30. The van der Waals surface area contributed by atoms with E-state index in [9.17, 15) is 5.11 Å². The Morgan fingerprint density at radius 3 is 2.65 bits per heavy atom. The highest BCUT2D eigenvalue weighted by molar-refractivity contribution is 5.36. The third-order valence-corrected chi connectivity index (χ3v) is 2.87. The monoisotopic (exact) mass is 237 g/mol. The second-order valence-electron chi connectivity index (χ2n) is 4.76. The van der Waals surface area contributed by atoms with Crippen LogP contribution in [0.5, 0.6) is 5.75 Å². The zero-order chi connectivity index (χ0) is 12.8. The fourth-order valence-electron chi connectivity index (χ4n) is 1.64. The molecule has 1 aromatic carbocycles. The predicted molar refractivity (Wildman–Crippen MR) is 70.3 cm³/mol. The first kappa shape index (κ1) is 14.0. The van der Waals surface area contributed by atoms with Gasteiger partial charge in [-0.2, -0.15) is 0 Å². The molecule has 0 aliphatic rings. The summed E-state index contributed by atoms with van der Waals surface area (Å²) in [5.41, 5.74) is 2.34. The smallest absolute Gasteiger partial charge is 0.123 e. The molecule has 0 heterocycles. The Hall–Kier alpha value is -1.06. The van der Waals surface area contributed by atoms with E-state index in [0.717, 1.165) is 11.3 Å². The van der Waals surface area contributed by atoms with Crippen molar-refractivity contribution >= 4 is 0 Å². The molecule has 96 valence electrons. The molecule has 0 spiro atoms. The number of ether oxygens (including phenoxy) is 1. The molecule has 3 heteroatoms. The molecule has 0 fully saturated rings. The van der Waals surface area contributed by atoms with Gasteiger partial charge in [0.2, 0.25) is 0 Å². The van der Waals surface area contributed by atoms with Crippen LogP contribution in [0.3, 0.4) is 0 Å². The summed E-state index contributed by atoms with van der Waals surface area (Å²) in [4.78, 5) is 0.